The van der Waals surface area contributed by atoms with E-state index in [4.69, 9.17) is 9.47 Å². The van der Waals surface area contributed by atoms with E-state index in [0.29, 0.717) is 6.61 Å². The van der Waals surface area contributed by atoms with Crippen molar-refractivity contribution in [3.8, 4) is 11.5 Å². The Hall–Kier alpha value is -1.94. The van der Waals surface area contributed by atoms with Crippen molar-refractivity contribution in [2.75, 3.05) is 20.3 Å². The number of ether oxygens (including phenoxy) is 2. The SMILES string of the molecule is CCOc1cc(Br)cc(C2(c3ccc(OC)c(C)c3)C=CNC2)c1. The largest absolute Gasteiger partial charge is 0.496 e. The van der Waals surface area contributed by atoms with Crippen molar-refractivity contribution in [3.05, 3.63) is 69.8 Å². The van der Waals surface area contributed by atoms with Crippen molar-refractivity contribution in [2.24, 2.45) is 0 Å². The fraction of sp³-hybridized carbons (Fsp3) is 0.300. The van der Waals surface area contributed by atoms with Gasteiger partial charge in [0.1, 0.15) is 11.5 Å². The van der Waals surface area contributed by atoms with E-state index in [1.165, 1.54) is 11.1 Å². The number of benzene rings is 2. The fourth-order valence-corrected chi connectivity index (χ4v) is 3.74. The van der Waals surface area contributed by atoms with Gasteiger partial charge in [0.05, 0.1) is 19.1 Å². The molecule has 1 atom stereocenters. The molecule has 24 heavy (non-hydrogen) atoms. The summed E-state index contributed by atoms with van der Waals surface area (Å²) in [5.41, 5.74) is 3.36. The molecule has 1 heterocycles. The quantitative estimate of drug-likeness (QED) is 0.814. The van der Waals surface area contributed by atoms with Gasteiger partial charge in [0, 0.05) is 11.0 Å². The first-order chi connectivity index (χ1) is 11.6. The number of aryl methyl sites for hydroxylation is 1. The van der Waals surface area contributed by atoms with Gasteiger partial charge in [0.25, 0.3) is 0 Å². The van der Waals surface area contributed by atoms with E-state index in [1.54, 1.807) is 7.11 Å². The molecule has 0 saturated carbocycles. The molecule has 0 aromatic heterocycles. The number of hydrogen-bond acceptors (Lipinski definition) is 3. The minimum absolute atomic E-state index is 0.216. The molecular formula is C20H22BrNO2. The second-order valence-corrected chi connectivity index (χ2v) is 6.89. The Morgan fingerprint density at radius 1 is 1.17 bits per heavy atom. The third-order valence-electron chi connectivity index (χ3n) is 4.47. The lowest BCUT2D eigenvalue weighted by atomic mass is 9.75. The number of nitrogens with one attached hydrogen (secondary N) is 1. The average Bonchev–Trinajstić information content (AvgIpc) is 3.05. The molecule has 0 radical (unpaired) electrons. The first kappa shape index (κ1) is 16.9. The first-order valence-electron chi connectivity index (χ1n) is 8.09. The van der Waals surface area contributed by atoms with Crippen molar-refractivity contribution >= 4 is 15.9 Å². The van der Waals surface area contributed by atoms with Crippen LogP contribution in [0, 0.1) is 6.92 Å². The van der Waals surface area contributed by atoms with Crippen LogP contribution in [0.2, 0.25) is 0 Å². The molecule has 0 saturated heterocycles. The van der Waals surface area contributed by atoms with Gasteiger partial charge in [-0.1, -0.05) is 34.1 Å². The summed E-state index contributed by atoms with van der Waals surface area (Å²) in [5.74, 6) is 1.79. The van der Waals surface area contributed by atoms with E-state index in [2.05, 4.69) is 58.5 Å². The lowest BCUT2D eigenvalue weighted by molar-refractivity contribution is 0.339. The highest BCUT2D eigenvalue weighted by Gasteiger charge is 2.35. The molecule has 3 nitrogen and oxygen atoms in total. The number of halogens is 1. The standard InChI is InChI=1S/C20H22BrNO2/c1-4-24-18-11-16(10-17(21)12-18)20(7-8-22-13-20)15-5-6-19(23-3)14(2)9-15/h5-12,22H,4,13H2,1-3H3. The van der Waals surface area contributed by atoms with Crippen LogP contribution < -0.4 is 14.8 Å². The summed E-state index contributed by atoms with van der Waals surface area (Å²) < 4.78 is 12.2. The maximum absolute atomic E-state index is 5.73. The number of hydrogen-bond donors (Lipinski definition) is 1. The van der Waals surface area contributed by atoms with Gasteiger partial charge < -0.3 is 14.8 Å². The molecule has 1 N–H and O–H groups in total. The molecule has 126 valence electrons. The van der Waals surface area contributed by atoms with Gasteiger partial charge >= 0.3 is 0 Å². The lowest BCUT2D eigenvalue weighted by Crippen LogP contribution is -2.31. The van der Waals surface area contributed by atoms with Crippen molar-refractivity contribution < 1.29 is 9.47 Å². The average molecular weight is 388 g/mol. The monoisotopic (exact) mass is 387 g/mol. The second-order valence-electron chi connectivity index (χ2n) is 5.98. The molecule has 0 fully saturated rings. The van der Waals surface area contributed by atoms with Gasteiger partial charge in [-0.25, -0.2) is 0 Å². The Balaban J connectivity index is 2.13. The van der Waals surface area contributed by atoms with Crippen LogP contribution in [0.4, 0.5) is 0 Å². The van der Waals surface area contributed by atoms with E-state index < -0.39 is 0 Å². The van der Waals surface area contributed by atoms with Gasteiger partial charge in [-0.3, -0.25) is 0 Å². The molecule has 2 aromatic carbocycles. The summed E-state index contributed by atoms with van der Waals surface area (Å²) in [5, 5.41) is 3.36. The number of methoxy groups -OCH3 is 1. The van der Waals surface area contributed by atoms with Crippen molar-refractivity contribution in [1.29, 1.82) is 0 Å². The van der Waals surface area contributed by atoms with E-state index in [1.807, 2.05) is 25.3 Å². The zero-order chi connectivity index (χ0) is 17.2. The van der Waals surface area contributed by atoms with E-state index >= 15 is 0 Å². The van der Waals surface area contributed by atoms with E-state index in [0.717, 1.165) is 28.1 Å². The predicted octanol–water partition coefficient (Wildman–Crippen LogP) is 4.57. The number of rotatable bonds is 5. The third kappa shape index (κ3) is 3.03. The predicted molar refractivity (Wildman–Crippen MR) is 101 cm³/mol. The van der Waals surface area contributed by atoms with Crippen LogP contribution in [0.25, 0.3) is 0 Å². The summed E-state index contributed by atoms with van der Waals surface area (Å²) in [7, 11) is 1.71. The summed E-state index contributed by atoms with van der Waals surface area (Å²) in [6, 6.07) is 12.7. The molecule has 2 aromatic rings. The third-order valence-corrected chi connectivity index (χ3v) is 4.93. The molecular weight excluding hydrogens is 366 g/mol. The molecule has 0 bridgehead atoms. The molecule has 0 aliphatic carbocycles. The summed E-state index contributed by atoms with van der Waals surface area (Å²) in [6.07, 6.45) is 4.26. The smallest absolute Gasteiger partial charge is 0.121 e. The summed E-state index contributed by atoms with van der Waals surface area (Å²) >= 11 is 3.62. The normalized spacial score (nSPS) is 19.2. The first-order valence-corrected chi connectivity index (χ1v) is 8.88. The highest BCUT2D eigenvalue weighted by molar-refractivity contribution is 9.10. The second kappa shape index (κ2) is 6.89. The molecule has 0 amide bonds. The van der Waals surface area contributed by atoms with Crippen LogP contribution in [-0.2, 0) is 5.41 Å². The zero-order valence-corrected chi connectivity index (χ0v) is 15.8. The van der Waals surface area contributed by atoms with E-state index in [9.17, 15) is 0 Å². The van der Waals surface area contributed by atoms with Crippen molar-refractivity contribution in [1.82, 2.24) is 5.32 Å². The Kier molecular flexibility index (Phi) is 4.86. The van der Waals surface area contributed by atoms with Crippen LogP contribution in [-0.4, -0.2) is 20.3 Å². The highest BCUT2D eigenvalue weighted by atomic mass is 79.9. The topological polar surface area (TPSA) is 30.5 Å². The minimum Gasteiger partial charge on any atom is -0.496 e. The summed E-state index contributed by atoms with van der Waals surface area (Å²) in [6.45, 7) is 5.55. The van der Waals surface area contributed by atoms with Gasteiger partial charge in [0.2, 0.25) is 0 Å². The molecule has 4 heteroatoms. The molecule has 1 unspecified atom stereocenters. The van der Waals surface area contributed by atoms with Gasteiger partial charge in [0.15, 0.2) is 0 Å². The maximum Gasteiger partial charge on any atom is 0.121 e. The van der Waals surface area contributed by atoms with Crippen LogP contribution in [0.15, 0.2) is 53.1 Å². The van der Waals surface area contributed by atoms with Gasteiger partial charge in [-0.05, 0) is 61.0 Å². The van der Waals surface area contributed by atoms with Crippen LogP contribution in [0.3, 0.4) is 0 Å². The maximum atomic E-state index is 5.73. The van der Waals surface area contributed by atoms with Crippen LogP contribution >= 0.6 is 15.9 Å². The Morgan fingerprint density at radius 2 is 2.00 bits per heavy atom. The Morgan fingerprint density at radius 3 is 2.62 bits per heavy atom. The molecule has 0 spiro atoms. The molecule has 1 aliphatic rings. The Labute approximate surface area is 151 Å². The van der Waals surface area contributed by atoms with Crippen molar-refractivity contribution in [3.63, 3.8) is 0 Å². The molecule has 3 rings (SSSR count). The zero-order valence-electron chi connectivity index (χ0n) is 14.2. The van der Waals surface area contributed by atoms with Crippen LogP contribution in [0.1, 0.15) is 23.6 Å². The van der Waals surface area contributed by atoms with Gasteiger partial charge in [-0.15, -0.1) is 0 Å². The molecule has 1 aliphatic heterocycles. The highest BCUT2D eigenvalue weighted by Crippen LogP contribution is 2.40. The van der Waals surface area contributed by atoms with E-state index in [-0.39, 0.29) is 5.41 Å². The van der Waals surface area contributed by atoms with Crippen molar-refractivity contribution in [2.45, 2.75) is 19.3 Å². The Bertz CT molecular complexity index is 772. The fourth-order valence-electron chi connectivity index (χ4n) is 3.27. The summed E-state index contributed by atoms with van der Waals surface area (Å²) in [4.78, 5) is 0. The lowest BCUT2D eigenvalue weighted by Gasteiger charge is -2.29. The van der Waals surface area contributed by atoms with Gasteiger partial charge in [-0.2, -0.15) is 0 Å². The van der Waals surface area contributed by atoms with Crippen LogP contribution in [0.5, 0.6) is 11.5 Å². The minimum atomic E-state index is -0.216.